The van der Waals surface area contributed by atoms with Crippen molar-refractivity contribution in [1.29, 1.82) is 0 Å². The molecule has 1 aliphatic heterocycles. The van der Waals surface area contributed by atoms with Crippen LogP contribution in [0.3, 0.4) is 0 Å². The number of rotatable bonds is 4. The highest BCUT2D eigenvalue weighted by atomic mass is 16.3. The number of hydrogen-bond acceptors (Lipinski definition) is 4. The zero-order valence-corrected chi connectivity index (χ0v) is 9.97. The molecule has 0 bridgehead atoms. The minimum Gasteiger partial charge on any atom is -0.472 e. The maximum Gasteiger partial charge on any atom is 0.0947 e. The quantitative estimate of drug-likeness (QED) is 0.820. The van der Waals surface area contributed by atoms with Crippen LogP contribution in [-0.2, 0) is 6.54 Å². The van der Waals surface area contributed by atoms with Crippen molar-refractivity contribution in [2.75, 3.05) is 27.2 Å². The van der Waals surface area contributed by atoms with E-state index in [4.69, 9.17) is 4.42 Å². The van der Waals surface area contributed by atoms with Crippen molar-refractivity contribution in [3.05, 3.63) is 24.2 Å². The maximum absolute atomic E-state index is 9.73. The summed E-state index contributed by atoms with van der Waals surface area (Å²) in [5, 5.41) is 9.73. The first-order valence-electron chi connectivity index (χ1n) is 5.73. The summed E-state index contributed by atoms with van der Waals surface area (Å²) in [6.45, 7) is 2.63. The molecule has 2 rings (SSSR count). The monoisotopic (exact) mass is 224 g/mol. The van der Waals surface area contributed by atoms with Gasteiger partial charge < -0.3 is 14.4 Å². The van der Waals surface area contributed by atoms with Gasteiger partial charge in [-0.05, 0) is 26.6 Å². The van der Waals surface area contributed by atoms with E-state index in [0.717, 1.165) is 26.1 Å². The Bertz CT molecular complexity index is 311. The van der Waals surface area contributed by atoms with Gasteiger partial charge in [0.05, 0.1) is 18.6 Å². The molecule has 0 spiro atoms. The number of β-amino-alcohol motifs (C(OH)–C–C–N with tert-alkyl or cyclic N) is 1. The molecule has 1 saturated heterocycles. The molecule has 0 radical (unpaired) electrons. The SMILES string of the molecule is CN(C)CC1CC(O)CN1Cc1ccoc1. The zero-order chi connectivity index (χ0) is 11.5. The van der Waals surface area contributed by atoms with E-state index in [9.17, 15) is 5.11 Å². The van der Waals surface area contributed by atoms with E-state index >= 15 is 0 Å². The molecule has 16 heavy (non-hydrogen) atoms. The van der Waals surface area contributed by atoms with Gasteiger partial charge in [0.1, 0.15) is 0 Å². The highest BCUT2D eigenvalue weighted by Gasteiger charge is 2.30. The van der Waals surface area contributed by atoms with Gasteiger partial charge in [-0.15, -0.1) is 0 Å². The molecule has 2 unspecified atom stereocenters. The summed E-state index contributed by atoms with van der Waals surface area (Å²) < 4.78 is 5.07. The topological polar surface area (TPSA) is 39.9 Å². The van der Waals surface area contributed by atoms with Crippen LogP contribution < -0.4 is 0 Å². The summed E-state index contributed by atoms with van der Waals surface area (Å²) in [6.07, 6.45) is 4.16. The van der Waals surface area contributed by atoms with E-state index < -0.39 is 0 Å². The summed E-state index contributed by atoms with van der Waals surface area (Å²) in [7, 11) is 4.14. The van der Waals surface area contributed by atoms with Crippen molar-refractivity contribution in [2.24, 2.45) is 0 Å². The summed E-state index contributed by atoms with van der Waals surface area (Å²) in [5.41, 5.74) is 1.18. The molecule has 4 heteroatoms. The fraction of sp³-hybridized carbons (Fsp3) is 0.667. The van der Waals surface area contributed by atoms with Crippen molar-refractivity contribution in [3.8, 4) is 0 Å². The summed E-state index contributed by atoms with van der Waals surface area (Å²) in [4.78, 5) is 4.50. The molecule has 0 saturated carbocycles. The lowest BCUT2D eigenvalue weighted by atomic mass is 10.2. The van der Waals surface area contributed by atoms with Crippen LogP contribution in [0.4, 0.5) is 0 Å². The van der Waals surface area contributed by atoms with Crippen LogP contribution in [0.1, 0.15) is 12.0 Å². The number of hydrogen-bond donors (Lipinski definition) is 1. The molecule has 90 valence electrons. The van der Waals surface area contributed by atoms with Crippen LogP contribution in [0, 0.1) is 0 Å². The van der Waals surface area contributed by atoms with E-state index in [1.807, 2.05) is 6.07 Å². The lowest BCUT2D eigenvalue weighted by molar-refractivity contribution is 0.169. The highest BCUT2D eigenvalue weighted by Crippen LogP contribution is 2.21. The fourth-order valence-electron chi connectivity index (χ4n) is 2.38. The average Bonchev–Trinajstić information content (AvgIpc) is 2.77. The van der Waals surface area contributed by atoms with Crippen molar-refractivity contribution >= 4 is 0 Å². The van der Waals surface area contributed by atoms with Gasteiger partial charge in [-0.3, -0.25) is 4.90 Å². The van der Waals surface area contributed by atoms with Gasteiger partial charge >= 0.3 is 0 Å². The Balaban J connectivity index is 1.95. The van der Waals surface area contributed by atoms with E-state index in [1.165, 1.54) is 5.56 Å². The Morgan fingerprint density at radius 1 is 1.56 bits per heavy atom. The summed E-state index contributed by atoms with van der Waals surface area (Å²) in [6, 6.07) is 2.43. The maximum atomic E-state index is 9.73. The second-order valence-corrected chi connectivity index (χ2v) is 4.87. The third-order valence-electron chi connectivity index (χ3n) is 3.05. The number of aliphatic hydroxyl groups is 1. The first-order valence-corrected chi connectivity index (χ1v) is 5.73. The lowest BCUT2D eigenvalue weighted by Gasteiger charge is -2.26. The van der Waals surface area contributed by atoms with Gasteiger partial charge in [-0.25, -0.2) is 0 Å². The summed E-state index contributed by atoms with van der Waals surface area (Å²) in [5.74, 6) is 0. The predicted molar refractivity (Wildman–Crippen MR) is 62.1 cm³/mol. The van der Waals surface area contributed by atoms with Gasteiger partial charge in [0, 0.05) is 31.2 Å². The third kappa shape index (κ3) is 2.84. The Kier molecular flexibility index (Phi) is 3.63. The van der Waals surface area contributed by atoms with E-state index in [2.05, 4.69) is 23.9 Å². The van der Waals surface area contributed by atoms with Gasteiger partial charge in [0.25, 0.3) is 0 Å². The molecular formula is C12H20N2O2. The standard InChI is InChI=1S/C12H20N2O2/c1-13(2)7-11-5-12(15)8-14(11)6-10-3-4-16-9-10/h3-4,9,11-12,15H,5-8H2,1-2H3. The lowest BCUT2D eigenvalue weighted by Crippen LogP contribution is -2.37. The molecule has 2 heterocycles. The Morgan fingerprint density at radius 3 is 3.00 bits per heavy atom. The molecule has 0 aliphatic carbocycles. The molecule has 1 fully saturated rings. The minimum atomic E-state index is -0.183. The molecule has 1 aromatic heterocycles. The van der Waals surface area contributed by atoms with Crippen LogP contribution >= 0.6 is 0 Å². The first kappa shape index (κ1) is 11.6. The molecule has 0 amide bonds. The molecule has 2 atom stereocenters. The Hall–Kier alpha value is -0.840. The van der Waals surface area contributed by atoms with Crippen LogP contribution in [-0.4, -0.2) is 54.2 Å². The first-order chi connectivity index (χ1) is 7.65. The van der Waals surface area contributed by atoms with Crippen molar-refractivity contribution in [2.45, 2.75) is 25.1 Å². The Labute approximate surface area is 96.5 Å². The average molecular weight is 224 g/mol. The van der Waals surface area contributed by atoms with E-state index in [1.54, 1.807) is 12.5 Å². The van der Waals surface area contributed by atoms with Crippen molar-refractivity contribution in [3.63, 3.8) is 0 Å². The fourth-order valence-corrected chi connectivity index (χ4v) is 2.38. The molecule has 0 aromatic carbocycles. The number of likely N-dealkylation sites (N-methyl/N-ethyl adjacent to an activating group) is 1. The molecule has 4 nitrogen and oxygen atoms in total. The number of nitrogens with zero attached hydrogens (tertiary/aromatic N) is 2. The van der Waals surface area contributed by atoms with E-state index in [0.29, 0.717) is 6.04 Å². The minimum absolute atomic E-state index is 0.183. The van der Waals surface area contributed by atoms with Gasteiger partial charge in [0.15, 0.2) is 0 Å². The smallest absolute Gasteiger partial charge is 0.0947 e. The van der Waals surface area contributed by atoms with Crippen LogP contribution in [0.5, 0.6) is 0 Å². The number of aliphatic hydroxyl groups excluding tert-OH is 1. The van der Waals surface area contributed by atoms with E-state index in [-0.39, 0.29) is 6.10 Å². The Morgan fingerprint density at radius 2 is 2.38 bits per heavy atom. The van der Waals surface area contributed by atoms with Crippen LogP contribution in [0.2, 0.25) is 0 Å². The molecule has 1 aliphatic rings. The number of likely N-dealkylation sites (tertiary alicyclic amines) is 1. The molecular weight excluding hydrogens is 204 g/mol. The van der Waals surface area contributed by atoms with Gasteiger partial charge in [-0.1, -0.05) is 0 Å². The van der Waals surface area contributed by atoms with Crippen LogP contribution in [0.25, 0.3) is 0 Å². The number of furan rings is 1. The van der Waals surface area contributed by atoms with Crippen molar-refractivity contribution < 1.29 is 9.52 Å². The van der Waals surface area contributed by atoms with Gasteiger partial charge in [-0.2, -0.15) is 0 Å². The second-order valence-electron chi connectivity index (χ2n) is 4.87. The van der Waals surface area contributed by atoms with Gasteiger partial charge in [0.2, 0.25) is 0 Å². The largest absolute Gasteiger partial charge is 0.472 e. The second kappa shape index (κ2) is 4.99. The van der Waals surface area contributed by atoms with Crippen molar-refractivity contribution in [1.82, 2.24) is 9.80 Å². The summed E-state index contributed by atoms with van der Waals surface area (Å²) >= 11 is 0. The highest BCUT2D eigenvalue weighted by molar-refractivity contribution is 5.06. The van der Waals surface area contributed by atoms with Crippen LogP contribution in [0.15, 0.2) is 23.0 Å². The zero-order valence-electron chi connectivity index (χ0n) is 9.97. The normalized spacial score (nSPS) is 26.8. The third-order valence-corrected chi connectivity index (χ3v) is 3.05. The predicted octanol–water partition coefficient (Wildman–Crippen LogP) is 0.776. The molecule has 1 N–H and O–H groups in total. The molecule has 1 aromatic rings.